The highest BCUT2D eigenvalue weighted by molar-refractivity contribution is 6.08. The van der Waals surface area contributed by atoms with E-state index in [1.807, 2.05) is 60.7 Å². The Labute approximate surface area is 249 Å². The molecule has 9 nitrogen and oxygen atoms in total. The molecule has 2 fully saturated rings. The highest BCUT2D eigenvalue weighted by Crippen LogP contribution is 2.39. The summed E-state index contributed by atoms with van der Waals surface area (Å²) in [6.45, 7) is 4.28. The van der Waals surface area contributed by atoms with E-state index in [1.165, 1.54) is 20.0 Å². The van der Waals surface area contributed by atoms with Crippen molar-refractivity contribution in [3.8, 4) is 0 Å². The first-order valence-electron chi connectivity index (χ1n) is 15.1. The van der Waals surface area contributed by atoms with Crippen molar-refractivity contribution in [1.29, 1.82) is 5.41 Å². The van der Waals surface area contributed by atoms with E-state index in [4.69, 9.17) is 15.9 Å². The van der Waals surface area contributed by atoms with E-state index in [2.05, 4.69) is 19.2 Å². The molecule has 0 spiro atoms. The first-order valence-corrected chi connectivity index (χ1v) is 15.1. The predicted molar refractivity (Wildman–Crippen MR) is 163 cm³/mol. The van der Waals surface area contributed by atoms with E-state index in [1.54, 1.807) is 4.90 Å². The van der Waals surface area contributed by atoms with E-state index >= 15 is 0 Å². The summed E-state index contributed by atoms with van der Waals surface area (Å²) < 4.78 is 4.93. The largest absolute Gasteiger partial charge is 0.452 e. The molecule has 2 aliphatic rings. The van der Waals surface area contributed by atoms with Crippen LogP contribution in [0.3, 0.4) is 0 Å². The van der Waals surface area contributed by atoms with Crippen LogP contribution >= 0.6 is 0 Å². The molecule has 0 radical (unpaired) electrons. The number of rotatable bonds is 14. The Bertz CT molecular complexity index is 1230. The SMILES string of the molecule is COC(=O)N(CCCC(CCC1CC1)N1C(=N)NC(CC(C)C)(c2ccccc2)C1=O)C(=O)[C@@H](N)Cc1ccccc1. The lowest BCUT2D eigenvalue weighted by molar-refractivity contribution is -0.134. The maximum absolute atomic E-state index is 14.3. The summed E-state index contributed by atoms with van der Waals surface area (Å²) in [6.07, 6.45) is 5.23. The van der Waals surface area contributed by atoms with E-state index in [-0.39, 0.29) is 30.4 Å². The molecule has 226 valence electrons. The summed E-state index contributed by atoms with van der Waals surface area (Å²) in [5.74, 6) is 0.382. The second-order valence-corrected chi connectivity index (χ2v) is 12.1. The highest BCUT2D eigenvalue weighted by Gasteiger charge is 2.52. The average molecular weight is 576 g/mol. The number of hydrogen-bond donors (Lipinski definition) is 3. The van der Waals surface area contributed by atoms with Crippen molar-refractivity contribution >= 4 is 23.9 Å². The minimum Gasteiger partial charge on any atom is -0.452 e. The Morgan fingerprint density at radius 3 is 2.33 bits per heavy atom. The molecule has 2 aromatic carbocycles. The van der Waals surface area contributed by atoms with Crippen LogP contribution in [0.4, 0.5) is 4.79 Å². The van der Waals surface area contributed by atoms with Gasteiger partial charge in [0.15, 0.2) is 5.96 Å². The zero-order valence-corrected chi connectivity index (χ0v) is 25.1. The number of carbonyl (C=O) groups excluding carboxylic acids is 3. The van der Waals surface area contributed by atoms with Gasteiger partial charge in [0, 0.05) is 12.6 Å². The normalized spacial score (nSPS) is 19.9. The molecule has 1 aliphatic carbocycles. The number of hydrogen-bond acceptors (Lipinski definition) is 6. The number of imide groups is 1. The van der Waals surface area contributed by atoms with E-state index in [9.17, 15) is 14.4 Å². The number of nitrogens with two attached hydrogens (primary N) is 1. The topological polar surface area (TPSA) is 129 Å². The van der Waals surface area contributed by atoms with Crippen LogP contribution in [0.5, 0.6) is 0 Å². The second kappa shape index (κ2) is 14.0. The number of nitrogens with zero attached hydrogens (tertiary/aromatic N) is 2. The molecule has 0 aromatic heterocycles. The molecule has 42 heavy (non-hydrogen) atoms. The Morgan fingerprint density at radius 1 is 1.10 bits per heavy atom. The fourth-order valence-corrected chi connectivity index (χ4v) is 6.04. The Morgan fingerprint density at radius 2 is 1.74 bits per heavy atom. The van der Waals surface area contributed by atoms with Crippen LogP contribution < -0.4 is 11.1 Å². The van der Waals surface area contributed by atoms with Gasteiger partial charge in [0.05, 0.1) is 13.2 Å². The summed E-state index contributed by atoms with van der Waals surface area (Å²) in [5.41, 5.74) is 7.00. The standard InChI is InChI=1S/C33H45N5O4/c1-23(2)22-33(26-13-8-5-9-14-26)30(40)38(31(35)36-33)27(19-18-24-16-17-24)15-10-20-37(32(41)42-3)29(39)28(34)21-25-11-6-4-7-12-25/h4-9,11-14,23-24,27-28H,10,15-22,34H2,1-3H3,(H2,35,36)/t27?,28-,33?/m0/s1. The van der Waals surface area contributed by atoms with Crippen LogP contribution in [-0.4, -0.2) is 59.4 Å². The van der Waals surface area contributed by atoms with Crippen LogP contribution in [0.25, 0.3) is 0 Å². The van der Waals surface area contributed by atoms with Gasteiger partial charge in [0.25, 0.3) is 5.91 Å². The summed E-state index contributed by atoms with van der Waals surface area (Å²) in [7, 11) is 1.25. The summed E-state index contributed by atoms with van der Waals surface area (Å²) in [4.78, 5) is 42.8. The van der Waals surface area contributed by atoms with Gasteiger partial charge in [-0.05, 0) is 61.5 Å². The number of ether oxygens (including phenoxy) is 1. The van der Waals surface area contributed by atoms with E-state index < -0.39 is 23.6 Å². The van der Waals surface area contributed by atoms with Gasteiger partial charge in [-0.3, -0.25) is 19.9 Å². The van der Waals surface area contributed by atoms with Gasteiger partial charge in [-0.15, -0.1) is 0 Å². The predicted octanol–water partition coefficient (Wildman–Crippen LogP) is 4.80. The van der Waals surface area contributed by atoms with Crippen molar-refractivity contribution < 1.29 is 19.1 Å². The van der Waals surface area contributed by atoms with E-state index in [0.717, 1.165) is 28.9 Å². The van der Waals surface area contributed by atoms with Crippen molar-refractivity contribution in [1.82, 2.24) is 15.1 Å². The van der Waals surface area contributed by atoms with Gasteiger partial charge in [-0.1, -0.05) is 87.4 Å². The Kier molecular flexibility index (Phi) is 10.4. The van der Waals surface area contributed by atoms with Crippen molar-refractivity contribution in [2.24, 2.45) is 17.6 Å². The van der Waals surface area contributed by atoms with Crippen molar-refractivity contribution in [3.63, 3.8) is 0 Å². The maximum atomic E-state index is 14.3. The molecule has 1 heterocycles. The number of carbonyl (C=O) groups is 3. The molecular weight excluding hydrogens is 530 g/mol. The van der Waals surface area contributed by atoms with Crippen LogP contribution in [0, 0.1) is 17.2 Å². The van der Waals surface area contributed by atoms with Crippen LogP contribution in [-0.2, 0) is 26.3 Å². The van der Waals surface area contributed by atoms with Gasteiger partial charge in [-0.2, -0.15) is 0 Å². The molecule has 1 saturated carbocycles. The third kappa shape index (κ3) is 7.37. The van der Waals surface area contributed by atoms with Crippen LogP contribution in [0.15, 0.2) is 60.7 Å². The molecule has 2 aromatic rings. The molecule has 9 heteroatoms. The summed E-state index contributed by atoms with van der Waals surface area (Å²) in [5, 5.41) is 12.2. The number of amides is 3. The average Bonchev–Trinajstić information content (AvgIpc) is 3.78. The molecule has 4 rings (SSSR count). The molecule has 3 amide bonds. The van der Waals surface area contributed by atoms with Gasteiger partial charge >= 0.3 is 6.09 Å². The molecule has 3 atom stereocenters. The first kappa shape index (κ1) is 31.2. The van der Waals surface area contributed by atoms with Gasteiger partial charge in [-0.25, -0.2) is 9.69 Å². The van der Waals surface area contributed by atoms with Crippen molar-refractivity contribution in [3.05, 3.63) is 71.8 Å². The fourth-order valence-electron chi connectivity index (χ4n) is 6.04. The molecule has 4 N–H and O–H groups in total. The van der Waals surface area contributed by atoms with Crippen LogP contribution in [0.1, 0.15) is 69.9 Å². The minimum atomic E-state index is -0.997. The third-order valence-electron chi connectivity index (χ3n) is 8.30. The fraction of sp³-hybridized carbons (Fsp3) is 0.515. The quantitative estimate of drug-likeness (QED) is 0.297. The number of methoxy groups -OCH3 is 1. The third-order valence-corrected chi connectivity index (χ3v) is 8.30. The second-order valence-electron chi connectivity index (χ2n) is 12.1. The summed E-state index contributed by atoms with van der Waals surface area (Å²) >= 11 is 0. The van der Waals surface area contributed by atoms with Gasteiger partial charge in [0.2, 0.25) is 5.91 Å². The van der Waals surface area contributed by atoms with Crippen LogP contribution in [0.2, 0.25) is 0 Å². The monoisotopic (exact) mass is 575 g/mol. The number of guanidine groups is 1. The maximum Gasteiger partial charge on any atom is 0.416 e. The molecule has 2 unspecified atom stereocenters. The first-order chi connectivity index (χ1) is 20.2. The van der Waals surface area contributed by atoms with E-state index in [0.29, 0.717) is 31.6 Å². The summed E-state index contributed by atoms with van der Waals surface area (Å²) in [6, 6.07) is 18.0. The molecule has 0 bridgehead atoms. The van der Waals surface area contributed by atoms with Gasteiger partial charge < -0.3 is 15.8 Å². The zero-order chi connectivity index (χ0) is 30.3. The lowest BCUT2D eigenvalue weighted by atomic mass is 9.82. The van der Waals surface area contributed by atoms with Gasteiger partial charge in [0.1, 0.15) is 5.54 Å². The Balaban J connectivity index is 1.50. The highest BCUT2D eigenvalue weighted by atomic mass is 16.5. The minimum absolute atomic E-state index is 0.107. The zero-order valence-electron chi connectivity index (χ0n) is 25.1. The lowest BCUT2D eigenvalue weighted by Gasteiger charge is -2.32. The van der Waals surface area contributed by atoms with Crippen molar-refractivity contribution in [2.75, 3.05) is 13.7 Å². The molecule has 1 saturated heterocycles. The number of benzene rings is 2. The molecule has 1 aliphatic heterocycles. The number of nitrogens with one attached hydrogen (secondary N) is 2. The lowest BCUT2D eigenvalue weighted by Crippen LogP contribution is -2.48. The Hall–Kier alpha value is -3.72. The smallest absolute Gasteiger partial charge is 0.416 e. The molecular formula is C33H45N5O4. The van der Waals surface area contributed by atoms with Crippen molar-refractivity contribution in [2.45, 2.75) is 82.8 Å².